The maximum absolute atomic E-state index is 11.1. The lowest BCUT2D eigenvalue weighted by Crippen LogP contribution is -2.26. The van der Waals surface area contributed by atoms with Crippen LogP contribution < -0.4 is 4.74 Å². The van der Waals surface area contributed by atoms with Crippen molar-refractivity contribution in [2.75, 3.05) is 19.7 Å². The standard InChI is InChI=1S/C24H29N3O4/c1-2-3-4-5-6-13-30-21-10-9-17-14-19(8-7-18(17)15-21)22-25-23(31-26-22)20-11-12-27(16-20)24(28)29/h7-10,14-15,20H,2-6,11-13,16H2,1H3,(H,28,29). The molecular weight excluding hydrogens is 394 g/mol. The number of likely N-dealkylation sites (tertiary alicyclic amines) is 1. The van der Waals surface area contributed by atoms with Gasteiger partial charge in [-0.15, -0.1) is 0 Å². The van der Waals surface area contributed by atoms with E-state index in [4.69, 9.17) is 14.4 Å². The molecule has 1 fully saturated rings. The molecular formula is C24H29N3O4. The van der Waals surface area contributed by atoms with Crippen molar-refractivity contribution < 1.29 is 19.2 Å². The second kappa shape index (κ2) is 9.81. The van der Waals surface area contributed by atoms with E-state index in [1.54, 1.807) is 0 Å². The van der Waals surface area contributed by atoms with Gasteiger partial charge in [-0.2, -0.15) is 4.98 Å². The van der Waals surface area contributed by atoms with Crippen molar-refractivity contribution in [3.63, 3.8) is 0 Å². The van der Waals surface area contributed by atoms with Crippen molar-refractivity contribution in [2.24, 2.45) is 0 Å². The Labute approximate surface area is 182 Å². The molecule has 0 bridgehead atoms. The third-order valence-electron chi connectivity index (χ3n) is 5.84. The van der Waals surface area contributed by atoms with Gasteiger partial charge in [-0.3, -0.25) is 0 Å². The molecule has 31 heavy (non-hydrogen) atoms. The van der Waals surface area contributed by atoms with Crippen LogP contribution in [0.2, 0.25) is 0 Å². The lowest BCUT2D eigenvalue weighted by Gasteiger charge is -2.09. The average molecular weight is 424 g/mol. The van der Waals surface area contributed by atoms with Gasteiger partial charge in [0.05, 0.1) is 12.5 Å². The van der Waals surface area contributed by atoms with Crippen LogP contribution >= 0.6 is 0 Å². The molecule has 1 atom stereocenters. The second-order valence-electron chi connectivity index (χ2n) is 8.16. The van der Waals surface area contributed by atoms with E-state index in [0.29, 0.717) is 31.2 Å². The minimum absolute atomic E-state index is 0.0421. The molecule has 1 aliphatic rings. The van der Waals surface area contributed by atoms with E-state index in [1.807, 2.05) is 30.3 Å². The highest BCUT2D eigenvalue weighted by molar-refractivity contribution is 5.87. The largest absolute Gasteiger partial charge is 0.494 e. The zero-order valence-corrected chi connectivity index (χ0v) is 17.9. The number of unbranched alkanes of at least 4 members (excludes halogenated alkanes) is 4. The van der Waals surface area contributed by atoms with Gasteiger partial charge in [0.15, 0.2) is 0 Å². The Kier molecular flexibility index (Phi) is 6.70. The molecule has 1 N–H and O–H groups in total. The van der Waals surface area contributed by atoms with Crippen LogP contribution in [0.25, 0.3) is 22.2 Å². The number of nitrogens with zero attached hydrogens (tertiary/aromatic N) is 3. The molecule has 1 unspecified atom stereocenters. The quantitative estimate of drug-likeness (QED) is 0.444. The zero-order chi connectivity index (χ0) is 21.6. The molecule has 1 saturated heterocycles. The number of ether oxygens (including phenoxy) is 1. The van der Waals surface area contributed by atoms with Crippen LogP contribution in [0.15, 0.2) is 40.9 Å². The summed E-state index contributed by atoms with van der Waals surface area (Å²) < 4.78 is 11.4. The highest BCUT2D eigenvalue weighted by atomic mass is 16.5. The first kappa shape index (κ1) is 21.2. The van der Waals surface area contributed by atoms with Crippen LogP contribution in [0.3, 0.4) is 0 Å². The maximum Gasteiger partial charge on any atom is 0.407 e. The van der Waals surface area contributed by atoms with E-state index >= 15 is 0 Å². The topological polar surface area (TPSA) is 88.7 Å². The highest BCUT2D eigenvalue weighted by Gasteiger charge is 2.31. The molecule has 7 nitrogen and oxygen atoms in total. The Morgan fingerprint density at radius 3 is 2.77 bits per heavy atom. The number of fused-ring (bicyclic) bond motifs is 1. The van der Waals surface area contributed by atoms with Gasteiger partial charge in [0.1, 0.15) is 5.75 Å². The third-order valence-corrected chi connectivity index (χ3v) is 5.84. The average Bonchev–Trinajstić information content (AvgIpc) is 3.45. The van der Waals surface area contributed by atoms with Crippen molar-refractivity contribution >= 4 is 16.9 Å². The van der Waals surface area contributed by atoms with Crippen LogP contribution in [-0.2, 0) is 0 Å². The van der Waals surface area contributed by atoms with Gasteiger partial charge in [0.25, 0.3) is 0 Å². The van der Waals surface area contributed by atoms with Crippen LogP contribution in [0.5, 0.6) is 5.75 Å². The fourth-order valence-electron chi connectivity index (χ4n) is 4.00. The molecule has 2 aromatic carbocycles. The highest BCUT2D eigenvalue weighted by Crippen LogP contribution is 2.29. The van der Waals surface area contributed by atoms with Gasteiger partial charge in [-0.05, 0) is 41.8 Å². The molecule has 4 rings (SSSR count). The van der Waals surface area contributed by atoms with E-state index in [-0.39, 0.29) is 5.92 Å². The summed E-state index contributed by atoms with van der Waals surface area (Å²) in [6.45, 7) is 3.87. The van der Waals surface area contributed by atoms with E-state index < -0.39 is 6.09 Å². The summed E-state index contributed by atoms with van der Waals surface area (Å²) in [6, 6.07) is 12.2. The Morgan fingerprint density at radius 2 is 1.97 bits per heavy atom. The Bertz CT molecular complexity index is 1030. The Morgan fingerprint density at radius 1 is 1.16 bits per heavy atom. The molecule has 0 spiro atoms. The Hall–Kier alpha value is -3.09. The molecule has 1 amide bonds. The van der Waals surface area contributed by atoms with Gasteiger partial charge in [0.2, 0.25) is 11.7 Å². The van der Waals surface area contributed by atoms with Crippen LogP contribution in [-0.4, -0.2) is 45.9 Å². The van der Waals surface area contributed by atoms with E-state index in [0.717, 1.165) is 35.1 Å². The summed E-state index contributed by atoms with van der Waals surface area (Å²) in [7, 11) is 0. The van der Waals surface area contributed by atoms with E-state index in [9.17, 15) is 4.79 Å². The number of aromatic nitrogens is 2. The third kappa shape index (κ3) is 5.16. The van der Waals surface area contributed by atoms with E-state index in [2.05, 4.69) is 23.1 Å². The minimum atomic E-state index is -0.906. The second-order valence-corrected chi connectivity index (χ2v) is 8.16. The number of carboxylic acid groups (broad SMARTS) is 1. The van der Waals surface area contributed by atoms with Crippen molar-refractivity contribution in [3.05, 3.63) is 42.3 Å². The predicted molar refractivity (Wildman–Crippen MR) is 118 cm³/mol. The van der Waals surface area contributed by atoms with Gasteiger partial charge < -0.3 is 19.3 Å². The number of amides is 1. The monoisotopic (exact) mass is 423 g/mol. The maximum atomic E-state index is 11.1. The molecule has 1 aliphatic heterocycles. The van der Waals surface area contributed by atoms with Gasteiger partial charge in [-0.25, -0.2) is 4.79 Å². The summed E-state index contributed by atoms with van der Waals surface area (Å²) in [5.74, 6) is 1.88. The normalized spacial score (nSPS) is 16.2. The lowest BCUT2D eigenvalue weighted by atomic mass is 10.1. The minimum Gasteiger partial charge on any atom is -0.494 e. The first-order valence-electron chi connectivity index (χ1n) is 11.1. The number of hydrogen-bond donors (Lipinski definition) is 1. The first-order valence-corrected chi connectivity index (χ1v) is 11.1. The molecule has 0 radical (unpaired) electrons. The summed E-state index contributed by atoms with van der Waals surface area (Å²) >= 11 is 0. The zero-order valence-electron chi connectivity index (χ0n) is 17.9. The smallest absolute Gasteiger partial charge is 0.407 e. The SMILES string of the molecule is CCCCCCCOc1ccc2cc(-c3noc(C4CCN(C(=O)O)C4)n3)ccc2c1. The van der Waals surface area contributed by atoms with Gasteiger partial charge in [-0.1, -0.05) is 56.0 Å². The van der Waals surface area contributed by atoms with Gasteiger partial charge >= 0.3 is 6.09 Å². The molecule has 7 heteroatoms. The summed E-state index contributed by atoms with van der Waals surface area (Å²) in [6.07, 6.45) is 5.92. The molecule has 164 valence electrons. The molecule has 2 heterocycles. The van der Waals surface area contributed by atoms with Crippen LogP contribution in [0.4, 0.5) is 4.79 Å². The number of benzene rings is 2. The molecule has 0 aliphatic carbocycles. The lowest BCUT2D eigenvalue weighted by molar-refractivity contribution is 0.154. The summed E-state index contributed by atoms with van der Waals surface area (Å²) in [5, 5.41) is 15.4. The first-order chi connectivity index (χ1) is 15.1. The van der Waals surface area contributed by atoms with Crippen molar-refractivity contribution in [1.82, 2.24) is 15.0 Å². The van der Waals surface area contributed by atoms with Crippen LogP contribution in [0.1, 0.15) is 57.3 Å². The van der Waals surface area contributed by atoms with Gasteiger partial charge in [0, 0.05) is 18.7 Å². The number of rotatable bonds is 9. The molecule has 1 aromatic heterocycles. The molecule has 0 saturated carbocycles. The van der Waals surface area contributed by atoms with Crippen molar-refractivity contribution in [3.8, 4) is 17.1 Å². The summed E-state index contributed by atoms with van der Waals surface area (Å²) in [4.78, 5) is 17.0. The Balaban J connectivity index is 1.39. The number of carbonyl (C=O) groups is 1. The summed E-state index contributed by atoms with van der Waals surface area (Å²) in [5.41, 5.74) is 0.875. The number of hydrogen-bond acceptors (Lipinski definition) is 5. The van der Waals surface area contributed by atoms with E-state index in [1.165, 1.54) is 30.6 Å². The van der Waals surface area contributed by atoms with Crippen molar-refractivity contribution in [1.29, 1.82) is 0 Å². The fourth-order valence-corrected chi connectivity index (χ4v) is 4.00. The van der Waals surface area contributed by atoms with Crippen LogP contribution in [0, 0.1) is 0 Å². The van der Waals surface area contributed by atoms with Crippen molar-refractivity contribution in [2.45, 2.75) is 51.4 Å². The molecule has 3 aromatic rings. The predicted octanol–water partition coefficient (Wildman–Crippen LogP) is 5.71. The fraction of sp³-hybridized carbons (Fsp3) is 0.458.